The number of carbonyl (C=O) groups excluding carboxylic acids is 1. The van der Waals surface area contributed by atoms with Gasteiger partial charge in [0.15, 0.2) is 4.34 Å². The van der Waals surface area contributed by atoms with Gasteiger partial charge in [0.05, 0.1) is 10.2 Å². The largest absolute Gasteiger partial charge is 0.481 e. The third-order valence-electron chi connectivity index (χ3n) is 3.34. The highest BCUT2D eigenvalue weighted by atomic mass is 32.2. The van der Waals surface area contributed by atoms with Gasteiger partial charge >= 0.3 is 5.97 Å². The number of fused-ring (bicyclic) bond motifs is 1. The Bertz CT molecular complexity index is 700. The molecule has 0 aliphatic heterocycles. The minimum absolute atomic E-state index is 0.187. The van der Waals surface area contributed by atoms with Crippen LogP contribution in [0.2, 0.25) is 0 Å². The average Bonchev–Trinajstić information content (AvgIpc) is 2.89. The quantitative estimate of drug-likeness (QED) is 0.433. The minimum Gasteiger partial charge on any atom is -0.481 e. The fourth-order valence-electron chi connectivity index (χ4n) is 2.00. The van der Waals surface area contributed by atoms with E-state index >= 15 is 0 Å². The summed E-state index contributed by atoms with van der Waals surface area (Å²) in [6, 6.07) is 6.01. The zero-order valence-corrected chi connectivity index (χ0v) is 14.8. The van der Waals surface area contributed by atoms with Gasteiger partial charge in [0.25, 0.3) is 0 Å². The number of rotatable bonds is 8. The van der Waals surface area contributed by atoms with Gasteiger partial charge in [-0.25, -0.2) is 4.98 Å². The van der Waals surface area contributed by atoms with E-state index in [1.165, 1.54) is 23.1 Å². The molecule has 23 heavy (non-hydrogen) atoms. The van der Waals surface area contributed by atoms with Gasteiger partial charge in [0.1, 0.15) is 5.92 Å². The molecule has 0 saturated heterocycles. The van der Waals surface area contributed by atoms with Crippen LogP contribution in [0.5, 0.6) is 0 Å². The highest BCUT2D eigenvalue weighted by molar-refractivity contribution is 8.01. The van der Waals surface area contributed by atoms with Crippen LogP contribution in [-0.2, 0) is 9.59 Å². The number of thioether (sulfide) groups is 1. The molecule has 2 rings (SSSR count). The van der Waals surface area contributed by atoms with E-state index in [0.717, 1.165) is 33.0 Å². The monoisotopic (exact) mass is 352 g/mol. The number of carbonyl (C=O) groups is 2. The van der Waals surface area contributed by atoms with Crippen molar-refractivity contribution in [1.29, 1.82) is 0 Å². The van der Waals surface area contributed by atoms with Crippen molar-refractivity contribution in [3.8, 4) is 0 Å². The molecule has 0 radical (unpaired) electrons. The van der Waals surface area contributed by atoms with Gasteiger partial charge in [-0.1, -0.05) is 31.2 Å². The summed E-state index contributed by atoms with van der Waals surface area (Å²) in [4.78, 5) is 27.8. The van der Waals surface area contributed by atoms with Crippen molar-refractivity contribution in [1.82, 2.24) is 10.3 Å². The summed E-state index contributed by atoms with van der Waals surface area (Å²) in [5.41, 5.74) is 2.07. The molecule has 0 bridgehead atoms. The van der Waals surface area contributed by atoms with Crippen molar-refractivity contribution >= 4 is 45.2 Å². The molecule has 1 aromatic heterocycles. The molecule has 1 amide bonds. The number of nitrogens with zero attached hydrogens (tertiary/aromatic N) is 1. The summed E-state index contributed by atoms with van der Waals surface area (Å²) in [5, 5.41) is 11.9. The Morgan fingerprint density at radius 2 is 2.22 bits per heavy atom. The van der Waals surface area contributed by atoms with Crippen LogP contribution in [0.25, 0.3) is 10.2 Å². The van der Waals surface area contributed by atoms with Crippen LogP contribution >= 0.6 is 23.1 Å². The highest BCUT2D eigenvalue weighted by Gasteiger charge is 2.26. The molecule has 7 heteroatoms. The lowest BCUT2D eigenvalue weighted by Crippen LogP contribution is -2.37. The standard InChI is InChI=1S/C16H20N2O3S2/c1-3-4-7-17-14(19)11(15(20)21)9-22-16-18-12-6-5-10(2)8-13(12)23-16/h5-6,8,11H,3-4,7,9H2,1-2H3,(H,17,19)(H,20,21). The molecule has 0 aliphatic rings. The summed E-state index contributed by atoms with van der Waals surface area (Å²) < 4.78 is 1.87. The number of nitrogens with one attached hydrogen (secondary N) is 1. The molecule has 0 spiro atoms. The van der Waals surface area contributed by atoms with Gasteiger partial charge in [-0.15, -0.1) is 11.3 Å². The van der Waals surface area contributed by atoms with Crippen molar-refractivity contribution in [3.63, 3.8) is 0 Å². The third-order valence-corrected chi connectivity index (χ3v) is 5.60. The maximum Gasteiger partial charge on any atom is 0.316 e. The van der Waals surface area contributed by atoms with Crippen LogP contribution in [0, 0.1) is 12.8 Å². The van der Waals surface area contributed by atoms with Gasteiger partial charge < -0.3 is 10.4 Å². The fourth-order valence-corrected chi connectivity index (χ4v) is 4.27. The molecule has 0 saturated carbocycles. The fraction of sp³-hybridized carbons (Fsp3) is 0.438. The van der Waals surface area contributed by atoms with Crippen LogP contribution in [0.1, 0.15) is 25.3 Å². The van der Waals surface area contributed by atoms with E-state index in [-0.39, 0.29) is 5.75 Å². The van der Waals surface area contributed by atoms with Crippen LogP contribution in [-0.4, -0.2) is 34.3 Å². The molecule has 5 nitrogen and oxygen atoms in total. The van der Waals surface area contributed by atoms with Crippen LogP contribution in [0.4, 0.5) is 0 Å². The zero-order chi connectivity index (χ0) is 16.8. The summed E-state index contributed by atoms with van der Waals surface area (Å²) in [5.74, 6) is -2.38. The highest BCUT2D eigenvalue weighted by Crippen LogP contribution is 2.31. The molecular formula is C16H20N2O3S2. The summed E-state index contributed by atoms with van der Waals surface area (Å²) >= 11 is 2.85. The number of aryl methyl sites for hydroxylation is 1. The van der Waals surface area contributed by atoms with Crippen molar-refractivity contribution in [2.75, 3.05) is 12.3 Å². The second-order valence-electron chi connectivity index (χ2n) is 5.30. The second-order valence-corrected chi connectivity index (χ2v) is 7.60. The molecule has 0 fully saturated rings. The summed E-state index contributed by atoms with van der Waals surface area (Å²) in [6.07, 6.45) is 1.81. The second kappa shape index (κ2) is 8.31. The Labute approximate surface area is 143 Å². The number of thiazole rings is 1. The van der Waals surface area contributed by atoms with E-state index in [0.29, 0.717) is 6.54 Å². The lowest BCUT2D eigenvalue weighted by molar-refractivity contribution is -0.145. The van der Waals surface area contributed by atoms with Gasteiger partial charge in [-0.2, -0.15) is 0 Å². The number of benzene rings is 1. The number of hydrogen-bond donors (Lipinski definition) is 2. The predicted octanol–water partition coefficient (Wildman–Crippen LogP) is 3.31. The molecule has 1 atom stereocenters. The number of carboxylic acids is 1. The van der Waals surface area contributed by atoms with Crippen molar-refractivity contribution in [2.24, 2.45) is 5.92 Å². The number of hydrogen-bond acceptors (Lipinski definition) is 5. The maximum atomic E-state index is 12.0. The number of aliphatic carboxylic acids is 1. The predicted molar refractivity (Wildman–Crippen MR) is 94.1 cm³/mol. The van der Waals surface area contributed by atoms with Crippen LogP contribution < -0.4 is 5.32 Å². The Balaban J connectivity index is 1.99. The number of aromatic nitrogens is 1. The molecule has 124 valence electrons. The molecule has 0 aliphatic carbocycles. The van der Waals surface area contributed by atoms with Gasteiger partial charge in [0.2, 0.25) is 5.91 Å². The molecule has 2 aromatic rings. The van der Waals surface area contributed by atoms with Crippen molar-refractivity contribution in [2.45, 2.75) is 31.0 Å². The minimum atomic E-state index is -1.09. The number of amides is 1. The maximum absolute atomic E-state index is 12.0. The van der Waals surface area contributed by atoms with E-state index < -0.39 is 17.8 Å². The van der Waals surface area contributed by atoms with E-state index in [4.69, 9.17) is 0 Å². The van der Waals surface area contributed by atoms with E-state index in [1.54, 1.807) is 0 Å². The normalized spacial score (nSPS) is 12.3. The molecular weight excluding hydrogens is 332 g/mol. The first-order valence-electron chi connectivity index (χ1n) is 7.51. The van der Waals surface area contributed by atoms with Crippen molar-refractivity contribution < 1.29 is 14.7 Å². The van der Waals surface area contributed by atoms with Gasteiger partial charge in [-0.3, -0.25) is 9.59 Å². The third kappa shape index (κ3) is 4.94. The van der Waals surface area contributed by atoms with Crippen molar-refractivity contribution in [3.05, 3.63) is 23.8 Å². The smallest absolute Gasteiger partial charge is 0.316 e. The number of carboxylic acid groups (broad SMARTS) is 1. The number of unbranched alkanes of at least 4 members (excludes halogenated alkanes) is 1. The molecule has 1 unspecified atom stereocenters. The van der Waals surface area contributed by atoms with E-state index in [9.17, 15) is 14.7 Å². The lowest BCUT2D eigenvalue weighted by Gasteiger charge is -2.11. The van der Waals surface area contributed by atoms with Gasteiger partial charge in [-0.05, 0) is 31.0 Å². The zero-order valence-electron chi connectivity index (χ0n) is 13.2. The average molecular weight is 352 g/mol. The first-order chi connectivity index (χ1) is 11.0. The topological polar surface area (TPSA) is 79.3 Å². The molecule has 1 heterocycles. The molecule has 2 N–H and O–H groups in total. The summed E-state index contributed by atoms with van der Waals surface area (Å²) in [6.45, 7) is 4.56. The summed E-state index contributed by atoms with van der Waals surface area (Å²) in [7, 11) is 0. The first-order valence-corrected chi connectivity index (χ1v) is 9.32. The van der Waals surface area contributed by atoms with E-state index in [1.807, 2.05) is 26.0 Å². The Kier molecular flexibility index (Phi) is 6.41. The Morgan fingerprint density at radius 3 is 2.91 bits per heavy atom. The Morgan fingerprint density at radius 1 is 1.43 bits per heavy atom. The SMILES string of the molecule is CCCCNC(=O)C(CSc1nc2ccc(C)cc2s1)C(=O)O. The molecule has 1 aromatic carbocycles. The first kappa shape index (κ1) is 17.7. The van der Waals surface area contributed by atoms with E-state index in [2.05, 4.69) is 16.4 Å². The Hall–Kier alpha value is -1.60. The lowest BCUT2D eigenvalue weighted by atomic mass is 10.1. The van der Waals surface area contributed by atoms with Crippen LogP contribution in [0.15, 0.2) is 22.5 Å². The van der Waals surface area contributed by atoms with Gasteiger partial charge in [0, 0.05) is 12.3 Å². The van der Waals surface area contributed by atoms with Crippen LogP contribution in [0.3, 0.4) is 0 Å².